The highest BCUT2D eigenvalue weighted by Crippen LogP contribution is 2.56. The Labute approximate surface area is 122 Å². The average Bonchev–Trinajstić information content (AvgIpc) is 3.05. The van der Waals surface area contributed by atoms with Gasteiger partial charge in [-0.25, -0.2) is 0 Å². The van der Waals surface area contributed by atoms with Crippen LogP contribution in [0.1, 0.15) is 23.5 Å². The minimum absolute atomic E-state index is 0. The van der Waals surface area contributed by atoms with Crippen molar-refractivity contribution >= 4 is 28.3 Å². The molecule has 2 aromatic rings. The van der Waals surface area contributed by atoms with E-state index in [0.29, 0.717) is 5.92 Å². The Morgan fingerprint density at radius 2 is 1.61 bits per heavy atom. The first kappa shape index (κ1) is 13.6. The summed E-state index contributed by atoms with van der Waals surface area (Å²) < 4.78 is 1.12. The van der Waals surface area contributed by atoms with E-state index in [0.717, 1.165) is 10.9 Å². The van der Waals surface area contributed by atoms with Crippen LogP contribution in [0, 0.1) is 0 Å². The zero-order chi connectivity index (χ0) is 11.9. The van der Waals surface area contributed by atoms with Crippen LogP contribution in [0.4, 0.5) is 0 Å². The van der Waals surface area contributed by atoms with E-state index in [1.54, 1.807) is 0 Å². The highest BCUT2D eigenvalue weighted by molar-refractivity contribution is 9.10. The van der Waals surface area contributed by atoms with Gasteiger partial charge in [0.15, 0.2) is 0 Å². The maximum atomic E-state index is 6.47. The second-order valence-corrected chi connectivity index (χ2v) is 5.63. The van der Waals surface area contributed by atoms with Crippen molar-refractivity contribution in [2.45, 2.75) is 17.9 Å². The Hall–Kier alpha value is -0.830. The van der Waals surface area contributed by atoms with E-state index in [4.69, 9.17) is 5.73 Å². The topological polar surface area (TPSA) is 26.0 Å². The van der Waals surface area contributed by atoms with Crippen LogP contribution >= 0.6 is 28.3 Å². The number of hydrogen-bond acceptors (Lipinski definition) is 1. The van der Waals surface area contributed by atoms with Crippen LogP contribution in [0.5, 0.6) is 0 Å². The van der Waals surface area contributed by atoms with Gasteiger partial charge < -0.3 is 5.73 Å². The smallest absolute Gasteiger partial charge is 0.0486 e. The summed E-state index contributed by atoms with van der Waals surface area (Å²) in [5, 5.41) is 0. The zero-order valence-corrected chi connectivity index (χ0v) is 12.2. The third-order valence-corrected chi connectivity index (χ3v) is 4.12. The molecule has 1 saturated carbocycles. The zero-order valence-electron chi connectivity index (χ0n) is 9.84. The first-order valence-corrected chi connectivity index (χ1v) is 6.59. The number of nitrogens with two attached hydrogens (primary N) is 1. The summed E-state index contributed by atoms with van der Waals surface area (Å²) in [5.41, 5.74) is 8.89. The molecule has 2 N–H and O–H groups in total. The highest BCUT2D eigenvalue weighted by Gasteiger charge is 2.52. The monoisotopic (exact) mass is 323 g/mol. The summed E-state index contributed by atoms with van der Waals surface area (Å²) in [6.45, 7) is 0. The third kappa shape index (κ3) is 2.33. The van der Waals surface area contributed by atoms with Gasteiger partial charge in [0.25, 0.3) is 0 Å². The van der Waals surface area contributed by atoms with Crippen molar-refractivity contribution in [2.24, 2.45) is 5.73 Å². The van der Waals surface area contributed by atoms with E-state index in [2.05, 4.69) is 64.5 Å². The minimum atomic E-state index is -0.158. The van der Waals surface area contributed by atoms with Gasteiger partial charge in [-0.15, -0.1) is 12.4 Å². The standard InChI is InChI=1S/C15H14BrN.ClH/c16-13-8-6-11(7-9-13)14-10-15(14,17)12-4-2-1-3-5-12;/h1-9,14H,10,17H2;1H. The summed E-state index contributed by atoms with van der Waals surface area (Å²) in [6, 6.07) is 18.9. The van der Waals surface area contributed by atoms with E-state index in [-0.39, 0.29) is 17.9 Å². The predicted octanol–water partition coefficient (Wildman–Crippen LogP) is 4.21. The number of halogens is 2. The molecule has 3 rings (SSSR count). The van der Waals surface area contributed by atoms with E-state index < -0.39 is 0 Å². The van der Waals surface area contributed by atoms with Crippen molar-refractivity contribution in [1.29, 1.82) is 0 Å². The Kier molecular flexibility index (Phi) is 3.81. The average molecular weight is 325 g/mol. The molecule has 1 aliphatic carbocycles. The molecule has 3 heteroatoms. The van der Waals surface area contributed by atoms with Gasteiger partial charge >= 0.3 is 0 Å². The van der Waals surface area contributed by atoms with Crippen molar-refractivity contribution in [3.05, 3.63) is 70.2 Å². The molecule has 2 unspecified atom stereocenters. The van der Waals surface area contributed by atoms with Crippen molar-refractivity contribution < 1.29 is 0 Å². The maximum Gasteiger partial charge on any atom is 0.0486 e. The molecule has 0 aliphatic heterocycles. The van der Waals surface area contributed by atoms with Gasteiger partial charge in [0.2, 0.25) is 0 Å². The molecule has 0 heterocycles. The van der Waals surface area contributed by atoms with Crippen LogP contribution < -0.4 is 5.73 Å². The molecule has 0 saturated heterocycles. The predicted molar refractivity (Wildman–Crippen MR) is 81.1 cm³/mol. The second kappa shape index (κ2) is 5.04. The molecule has 1 fully saturated rings. The molecule has 2 aromatic carbocycles. The third-order valence-electron chi connectivity index (χ3n) is 3.59. The molecular formula is C15H15BrClN. The fourth-order valence-electron chi connectivity index (χ4n) is 2.46. The van der Waals surface area contributed by atoms with Crippen molar-refractivity contribution in [3.8, 4) is 0 Å². The van der Waals surface area contributed by atoms with E-state index in [1.165, 1.54) is 11.1 Å². The van der Waals surface area contributed by atoms with Gasteiger partial charge in [-0.1, -0.05) is 58.4 Å². The molecule has 18 heavy (non-hydrogen) atoms. The molecule has 94 valence electrons. The van der Waals surface area contributed by atoms with Gasteiger partial charge in [-0.05, 0) is 29.7 Å². The number of benzene rings is 2. The largest absolute Gasteiger partial charge is 0.321 e. The molecule has 1 aliphatic rings. The highest BCUT2D eigenvalue weighted by atomic mass is 79.9. The lowest BCUT2D eigenvalue weighted by Gasteiger charge is -2.12. The molecule has 1 nitrogen and oxygen atoms in total. The Morgan fingerprint density at radius 3 is 2.22 bits per heavy atom. The molecule has 2 atom stereocenters. The van der Waals surface area contributed by atoms with Crippen molar-refractivity contribution in [3.63, 3.8) is 0 Å². The first-order valence-electron chi connectivity index (χ1n) is 5.80. The van der Waals surface area contributed by atoms with E-state index in [9.17, 15) is 0 Å². The summed E-state index contributed by atoms with van der Waals surface area (Å²) in [6.07, 6.45) is 1.04. The minimum Gasteiger partial charge on any atom is -0.321 e. The van der Waals surface area contributed by atoms with Crippen LogP contribution in [0.25, 0.3) is 0 Å². The molecule has 0 radical (unpaired) electrons. The number of rotatable bonds is 2. The van der Waals surface area contributed by atoms with Crippen LogP contribution in [-0.2, 0) is 5.54 Å². The Balaban J connectivity index is 0.00000120. The fraction of sp³-hybridized carbons (Fsp3) is 0.200. The SMILES string of the molecule is Cl.NC1(c2ccccc2)CC1c1ccc(Br)cc1. The van der Waals surface area contributed by atoms with Gasteiger partial charge in [-0.2, -0.15) is 0 Å². The molecule has 0 amide bonds. The van der Waals surface area contributed by atoms with Crippen molar-refractivity contribution in [1.82, 2.24) is 0 Å². The molecule has 0 spiro atoms. The lowest BCUT2D eigenvalue weighted by atomic mass is 10.00. The van der Waals surface area contributed by atoms with Gasteiger partial charge in [0.1, 0.15) is 0 Å². The summed E-state index contributed by atoms with van der Waals surface area (Å²) >= 11 is 3.46. The normalized spacial score (nSPS) is 25.3. The Morgan fingerprint density at radius 1 is 1.00 bits per heavy atom. The van der Waals surface area contributed by atoms with Gasteiger partial charge in [-0.3, -0.25) is 0 Å². The van der Waals surface area contributed by atoms with Gasteiger partial charge in [0, 0.05) is 15.9 Å². The second-order valence-electron chi connectivity index (χ2n) is 4.71. The molecular weight excluding hydrogens is 310 g/mol. The summed E-state index contributed by atoms with van der Waals surface area (Å²) in [7, 11) is 0. The van der Waals surface area contributed by atoms with Crippen molar-refractivity contribution in [2.75, 3.05) is 0 Å². The fourth-order valence-corrected chi connectivity index (χ4v) is 2.72. The van der Waals surface area contributed by atoms with Crippen LogP contribution in [0.3, 0.4) is 0 Å². The summed E-state index contributed by atoms with van der Waals surface area (Å²) in [5.74, 6) is 0.456. The first-order chi connectivity index (χ1) is 8.20. The van der Waals surface area contributed by atoms with Crippen LogP contribution in [-0.4, -0.2) is 0 Å². The molecule has 0 bridgehead atoms. The summed E-state index contributed by atoms with van der Waals surface area (Å²) in [4.78, 5) is 0. The number of hydrogen-bond donors (Lipinski definition) is 1. The Bertz CT molecular complexity index is 526. The quantitative estimate of drug-likeness (QED) is 0.879. The maximum absolute atomic E-state index is 6.47. The lowest BCUT2D eigenvalue weighted by molar-refractivity contribution is 0.706. The molecule has 0 aromatic heterocycles. The van der Waals surface area contributed by atoms with E-state index >= 15 is 0 Å². The van der Waals surface area contributed by atoms with E-state index in [1.807, 2.05) is 6.07 Å². The lowest BCUT2D eigenvalue weighted by Crippen LogP contribution is -2.21. The van der Waals surface area contributed by atoms with Crippen LogP contribution in [0.2, 0.25) is 0 Å². The van der Waals surface area contributed by atoms with Crippen LogP contribution in [0.15, 0.2) is 59.1 Å². The van der Waals surface area contributed by atoms with Gasteiger partial charge in [0.05, 0.1) is 0 Å².